The Labute approximate surface area is 120 Å². The highest BCUT2D eigenvalue weighted by Crippen LogP contribution is 2.25. The van der Waals surface area contributed by atoms with Gasteiger partial charge in [-0.15, -0.1) is 0 Å². The van der Waals surface area contributed by atoms with E-state index in [1.165, 1.54) is 0 Å². The highest BCUT2D eigenvalue weighted by molar-refractivity contribution is 6.03. The maximum Gasteiger partial charge on any atom is 0.119 e. The Bertz CT molecular complexity index is 1090. The van der Waals surface area contributed by atoms with Crippen molar-refractivity contribution in [3.05, 3.63) is 47.7 Å². The molecule has 4 heteroatoms. The van der Waals surface area contributed by atoms with Crippen LogP contribution in [0.2, 0.25) is 0 Å². The van der Waals surface area contributed by atoms with Crippen molar-refractivity contribution < 1.29 is 4.74 Å². The number of ether oxygens (including phenoxy) is 1. The number of rotatable bonds is 1. The van der Waals surface area contributed by atoms with Gasteiger partial charge < -0.3 is 4.74 Å². The fraction of sp³-hybridized carbons (Fsp3) is 0.0588. The highest BCUT2D eigenvalue weighted by Gasteiger charge is 2.13. The van der Waals surface area contributed by atoms with Crippen LogP contribution in [-0.2, 0) is 0 Å². The molecule has 0 aliphatic heterocycles. The Hall–Kier alpha value is -3.06. The molecule has 0 spiro atoms. The lowest BCUT2D eigenvalue weighted by atomic mass is 10.1. The number of hydrogen-bond acceptors (Lipinski definition) is 3. The van der Waals surface area contributed by atoms with E-state index in [1.807, 2.05) is 47.0 Å². The monoisotopic (exact) mass is 273 g/mol. The van der Waals surface area contributed by atoms with Crippen LogP contribution in [0.5, 0.6) is 5.75 Å². The summed E-state index contributed by atoms with van der Waals surface area (Å²) < 4.78 is 7.19. The predicted octanol–water partition coefficient (Wildman–Crippen LogP) is 2.67. The maximum atomic E-state index is 9.13. The lowest BCUT2D eigenvalue weighted by molar-refractivity contribution is 0.415. The number of fused-ring (bicyclic) bond motifs is 5. The summed E-state index contributed by atoms with van der Waals surface area (Å²) >= 11 is 0. The molecule has 0 bridgehead atoms. The zero-order chi connectivity index (χ0) is 14.4. The van der Waals surface area contributed by atoms with Gasteiger partial charge >= 0.3 is 0 Å². The van der Waals surface area contributed by atoms with Crippen molar-refractivity contribution >= 4 is 33.4 Å². The summed E-state index contributed by atoms with van der Waals surface area (Å²) in [7, 11) is 1.64. The van der Waals surface area contributed by atoms with Gasteiger partial charge in [0.25, 0.3) is 0 Å². The minimum atomic E-state index is 0.771. The number of benzene rings is 2. The first-order valence-electron chi connectivity index (χ1n) is 6.60. The molecule has 2 aromatic heterocycles. The van der Waals surface area contributed by atoms with Crippen molar-refractivity contribution in [3.63, 3.8) is 0 Å². The highest BCUT2D eigenvalue weighted by atomic mass is 16.5. The van der Waals surface area contributed by atoms with Crippen LogP contribution in [0.25, 0.3) is 33.4 Å². The minimum Gasteiger partial charge on any atom is -0.497 e. The second-order valence-corrected chi connectivity index (χ2v) is 4.85. The quantitative estimate of drug-likeness (QED) is 0.535. The van der Waals surface area contributed by atoms with Crippen LogP contribution in [0, 0.1) is 11.3 Å². The SMILES string of the molecule is COc1ccc2c(c1)/c(=C/C#N)c1c3ccccc3nn21. The molecular weight excluding hydrogens is 262 g/mol. The number of methoxy groups -OCH3 is 1. The average molecular weight is 273 g/mol. The largest absolute Gasteiger partial charge is 0.497 e. The third-order valence-corrected chi connectivity index (χ3v) is 3.76. The molecule has 0 saturated carbocycles. The third kappa shape index (κ3) is 1.52. The molecule has 0 aliphatic carbocycles. The van der Waals surface area contributed by atoms with Crippen molar-refractivity contribution in [2.45, 2.75) is 0 Å². The van der Waals surface area contributed by atoms with Gasteiger partial charge in [-0.1, -0.05) is 18.2 Å². The van der Waals surface area contributed by atoms with Gasteiger partial charge in [0.15, 0.2) is 0 Å². The van der Waals surface area contributed by atoms with Crippen LogP contribution < -0.4 is 9.96 Å². The van der Waals surface area contributed by atoms with Gasteiger partial charge in [0.2, 0.25) is 0 Å². The van der Waals surface area contributed by atoms with Crippen LogP contribution >= 0.6 is 0 Å². The van der Waals surface area contributed by atoms with Gasteiger partial charge in [-0.25, -0.2) is 4.52 Å². The van der Waals surface area contributed by atoms with Crippen LogP contribution in [0.15, 0.2) is 42.5 Å². The van der Waals surface area contributed by atoms with Crippen LogP contribution in [0.1, 0.15) is 0 Å². The average Bonchev–Trinajstić information content (AvgIpc) is 3.03. The molecule has 0 unspecified atom stereocenters. The summed E-state index contributed by atoms with van der Waals surface area (Å²) in [4.78, 5) is 0. The number of nitrogens with zero attached hydrogens (tertiary/aromatic N) is 3. The first-order valence-corrected chi connectivity index (χ1v) is 6.60. The third-order valence-electron chi connectivity index (χ3n) is 3.76. The Balaban J connectivity index is 2.33. The molecule has 0 atom stereocenters. The Kier molecular flexibility index (Phi) is 2.36. The molecule has 0 amide bonds. The van der Waals surface area contributed by atoms with E-state index in [4.69, 9.17) is 10.00 Å². The fourth-order valence-corrected chi connectivity index (χ4v) is 2.85. The molecule has 0 radical (unpaired) electrons. The number of hydrogen-bond donors (Lipinski definition) is 0. The minimum absolute atomic E-state index is 0.771. The summed E-state index contributed by atoms with van der Waals surface area (Å²) in [6, 6.07) is 15.9. The van der Waals surface area contributed by atoms with Gasteiger partial charge in [0, 0.05) is 22.1 Å². The molecular formula is C17H11N3O. The number of nitriles is 1. The molecule has 2 heterocycles. The molecule has 100 valence electrons. The smallest absolute Gasteiger partial charge is 0.119 e. The summed E-state index contributed by atoms with van der Waals surface area (Å²) in [5.74, 6) is 0.771. The van der Waals surface area contributed by atoms with Gasteiger partial charge in [-0.3, -0.25) is 0 Å². The summed E-state index contributed by atoms with van der Waals surface area (Å²) in [5.41, 5.74) is 2.87. The zero-order valence-corrected chi connectivity index (χ0v) is 11.4. The fourth-order valence-electron chi connectivity index (χ4n) is 2.85. The standard InChI is InChI=1S/C17H11N3O/c1-21-11-6-7-16-14(10-11)12(8-9-18)17-13-4-2-3-5-15(13)19-20(16)17/h2-8,10H,1H3/b12-8-. The lowest BCUT2D eigenvalue weighted by Crippen LogP contribution is -1.97. The van der Waals surface area contributed by atoms with Crippen molar-refractivity contribution in [1.82, 2.24) is 9.61 Å². The predicted molar refractivity (Wildman–Crippen MR) is 82.1 cm³/mol. The maximum absolute atomic E-state index is 9.13. The lowest BCUT2D eigenvalue weighted by Gasteiger charge is -1.98. The van der Waals surface area contributed by atoms with Crippen LogP contribution in [-0.4, -0.2) is 16.7 Å². The Morgan fingerprint density at radius 1 is 1.19 bits per heavy atom. The summed E-state index contributed by atoms with van der Waals surface area (Å²) in [6.07, 6.45) is 1.57. The second kappa shape index (κ2) is 4.22. The van der Waals surface area contributed by atoms with E-state index >= 15 is 0 Å². The first-order chi connectivity index (χ1) is 10.3. The van der Waals surface area contributed by atoms with Crippen molar-refractivity contribution in [2.75, 3.05) is 7.11 Å². The van der Waals surface area contributed by atoms with Crippen molar-refractivity contribution in [3.8, 4) is 11.8 Å². The van der Waals surface area contributed by atoms with Gasteiger partial charge in [-0.2, -0.15) is 10.4 Å². The molecule has 4 rings (SSSR count). The molecule has 4 nitrogen and oxygen atoms in total. The molecule has 21 heavy (non-hydrogen) atoms. The van der Waals surface area contributed by atoms with Gasteiger partial charge in [-0.05, 0) is 24.3 Å². The molecule has 0 saturated heterocycles. The van der Waals surface area contributed by atoms with E-state index in [0.717, 1.165) is 38.3 Å². The van der Waals surface area contributed by atoms with Crippen LogP contribution in [0.3, 0.4) is 0 Å². The van der Waals surface area contributed by atoms with E-state index < -0.39 is 0 Å². The van der Waals surface area contributed by atoms with Gasteiger partial charge in [0.05, 0.1) is 29.7 Å². The van der Waals surface area contributed by atoms with E-state index in [0.29, 0.717) is 0 Å². The van der Waals surface area contributed by atoms with Crippen LogP contribution in [0.4, 0.5) is 0 Å². The molecule has 2 aromatic carbocycles. The normalized spacial score (nSPS) is 12.3. The molecule has 0 aliphatic rings. The number of aromatic nitrogens is 2. The van der Waals surface area contributed by atoms with Crippen molar-refractivity contribution in [1.29, 1.82) is 5.26 Å². The van der Waals surface area contributed by atoms with Crippen molar-refractivity contribution in [2.24, 2.45) is 0 Å². The van der Waals surface area contributed by atoms with E-state index in [-0.39, 0.29) is 0 Å². The van der Waals surface area contributed by atoms with E-state index in [1.54, 1.807) is 13.2 Å². The first kappa shape index (κ1) is 11.7. The molecule has 4 aromatic rings. The Morgan fingerprint density at radius 2 is 2.05 bits per heavy atom. The summed E-state index contributed by atoms with van der Waals surface area (Å²) in [6.45, 7) is 0. The zero-order valence-electron chi connectivity index (χ0n) is 11.4. The van der Waals surface area contributed by atoms with E-state index in [2.05, 4.69) is 11.2 Å². The molecule has 0 N–H and O–H groups in total. The Morgan fingerprint density at radius 3 is 2.86 bits per heavy atom. The molecule has 0 fully saturated rings. The second-order valence-electron chi connectivity index (χ2n) is 4.85. The van der Waals surface area contributed by atoms with Gasteiger partial charge in [0.1, 0.15) is 5.75 Å². The van der Waals surface area contributed by atoms with E-state index in [9.17, 15) is 0 Å². The topological polar surface area (TPSA) is 50.3 Å². The summed E-state index contributed by atoms with van der Waals surface area (Å²) in [5, 5.41) is 16.7.